The van der Waals surface area contributed by atoms with Crippen molar-refractivity contribution in [3.05, 3.63) is 23.6 Å². The smallest absolute Gasteiger partial charge is 0.250 e. The molecule has 1 atom stereocenters. The first-order chi connectivity index (χ1) is 7.69. The Morgan fingerprint density at radius 3 is 2.94 bits per heavy atom. The van der Waals surface area contributed by atoms with Crippen LogP contribution in [0.5, 0.6) is 5.88 Å². The van der Waals surface area contributed by atoms with Gasteiger partial charge in [-0.05, 0) is 18.4 Å². The van der Waals surface area contributed by atoms with Crippen molar-refractivity contribution in [3.8, 4) is 5.88 Å². The number of nitrogens with two attached hydrogens (primary N) is 1. The second-order valence-electron chi connectivity index (χ2n) is 4.00. The third-order valence-electron chi connectivity index (χ3n) is 2.44. The molecule has 0 aliphatic heterocycles. The molecular formula is C12H19FN2O. The van der Waals surface area contributed by atoms with Gasteiger partial charge in [-0.1, -0.05) is 20.3 Å². The third-order valence-corrected chi connectivity index (χ3v) is 2.44. The van der Waals surface area contributed by atoms with Crippen LogP contribution < -0.4 is 10.5 Å². The van der Waals surface area contributed by atoms with E-state index in [1.165, 1.54) is 6.20 Å². The fourth-order valence-electron chi connectivity index (χ4n) is 1.52. The molecule has 0 aliphatic rings. The van der Waals surface area contributed by atoms with Crippen molar-refractivity contribution < 1.29 is 9.13 Å². The average molecular weight is 226 g/mol. The molecule has 0 radical (unpaired) electrons. The number of ether oxygens (including phenoxy) is 1. The van der Waals surface area contributed by atoms with E-state index in [2.05, 4.69) is 18.8 Å². The zero-order valence-electron chi connectivity index (χ0n) is 9.87. The molecule has 0 fully saturated rings. The van der Waals surface area contributed by atoms with E-state index in [0.29, 0.717) is 18.1 Å². The Labute approximate surface area is 95.8 Å². The van der Waals surface area contributed by atoms with Gasteiger partial charge in [0.05, 0.1) is 6.61 Å². The number of aromatic nitrogens is 1. The maximum absolute atomic E-state index is 13.6. The van der Waals surface area contributed by atoms with Crippen molar-refractivity contribution in [3.63, 3.8) is 0 Å². The number of hydrogen-bond donors (Lipinski definition) is 1. The minimum Gasteiger partial charge on any atom is -0.475 e. The monoisotopic (exact) mass is 226 g/mol. The van der Waals surface area contributed by atoms with Crippen LogP contribution in [-0.4, -0.2) is 11.6 Å². The summed E-state index contributed by atoms with van der Waals surface area (Å²) >= 11 is 0. The van der Waals surface area contributed by atoms with E-state index in [9.17, 15) is 4.39 Å². The third kappa shape index (κ3) is 3.45. The van der Waals surface area contributed by atoms with Crippen molar-refractivity contribution in [1.29, 1.82) is 0 Å². The summed E-state index contributed by atoms with van der Waals surface area (Å²) in [7, 11) is 0. The quantitative estimate of drug-likeness (QED) is 0.810. The van der Waals surface area contributed by atoms with Gasteiger partial charge in [0.2, 0.25) is 0 Å². The van der Waals surface area contributed by atoms with Gasteiger partial charge in [0, 0.05) is 18.3 Å². The molecule has 0 aliphatic carbocycles. The summed E-state index contributed by atoms with van der Waals surface area (Å²) in [5.74, 6) is 0.0346. The van der Waals surface area contributed by atoms with E-state index in [1.54, 1.807) is 6.07 Å². The Morgan fingerprint density at radius 2 is 2.31 bits per heavy atom. The van der Waals surface area contributed by atoms with Crippen molar-refractivity contribution >= 4 is 0 Å². The summed E-state index contributed by atoms with van der Waals surface area (Å²) in [6, 6.07) is 1.57. The predicted molar refractivity (Wildman–Crippen MR) is 61.7 cm³/mol. The topological polar surface area (TPSA) is 48.1 Å². The van der Waals surface area contributed by atoms with Crippen LogP contribution in [0.15, 0.2) is 12.3 Å². The van der Waals surface area contributed by atoms with Gasteiger partial charge < -0.3 is 10.5 Å². The molecule has 1 aromatic heterocycles. The molecule has 90 valence electrons. The van der Waals surface area contributed by atoms with Gasteiger partial charge in [-0.2, -0.15) is 0 Å². The summed E-state index contributed by atoms with van der Waals surface area (Å²) in [6.45, 7) is 4.85. The van der Waals surface area contributed by atoms with Gasteiger partial charge in [0.15, 0.2) is 5.82 Å². The number of halogens is 1. The Kier molecular flexibility index (Phi) is 5.19. The van der Waals surface area contributed by atoms with E-state index in [0.717, 1.165) is 12.8 Å². The second-order valence-corrected chi connectivity index (χ2v) is 4.00. The number of pyridine rings is 1. The van der Waals surface area contributed by atoms with Gasteiger partial charge in [-0.15, -0.1) is 0 Å². The molecule has 16 heavy (non-hydrogen) atoms. The number of hydrogen-bond acceptors (Lipinski definition) is 3. The summed E-state index contributed by atoms with van der Waals surface area (Å²) in [6.07, 6.45) is 3.69. The average Bonchev–Trinajstić information content (AvgIpc) is 2.28. The van der Waals surface area contributed by atoms with Gasteiger partial charge in [-0.3, -0.25) is 0 Å². The molecule has 1 unspecified atom stereocenters. The molecule has 4 heteroatoms. The SMILES string of the molecule is CCCC(C)COc1nccc(CN)c1F. The maximum atomic E-state index is 13.6. The first-order valence-electron chi connectivity index (χ1n) is 5.65. The predicted octanol–water partition coefficient (Wildman–Crippen LogP) is 2.49. The lowest BCUT2D eigenvalue weighted by molar-refractivity contribution is 0.232. The zero-order chi connectivity index (χ0) is 12.0. The Morgan fingerprint density at radius 1 is 1.56 bits per heavy atom. The summed E-state index contributed by atoms with van der Waals surface area (Å²) in [5, 5.41) is 0. The summed E-state index contributed by atoms with van der Waals surface area (Å²) < 4.78 is 19.0. The van der Waals surface area contributed by atoms with Crippen LogP contribution in [-0.2, 0) is 6.54 Å². The normalized spacial score (nSPS) is 12.5. The fourth-order valence-corrected chi connectivity index (χ4v) is 1.52. The highest BCUT2D eigenvalue weighted by Crippen LogP contribution is 2.18. The first kappa shape index (κ1) is 12.9. The lowest BCUT2D eigenvalue weighted by Gasteiger charge is -2.12. The molecule has 1 rings (SSSR count). The highest BCUT2D eigenvalue weighted by molar-refractivity contribution is 5.23. The molecule has 3 nitrogen and oxygen atoms in total. The molecule has 0 saturated carbocycles. The van der Waals surface area contributed by atoms with Crippen molar-refractivity contribution in [2.75, 3.05) is 6.61 Å². The van der Waals surface area contributed by atoms with Crippen LogP contribution in [0.4, 0.5) is 4.39 Å². The van der Waals surface area contributed by atoms with Gasteiger partial charge in [0.1, 0.15) is 0 Å². The lowest BCUT2D eigenvalue weighted by atomic mass is 10.1. The van der Waals surface area contributed by atoms with E-state index in [1.807, 2.05) is 0 Å². The minimum absolute atomic E-state index is 0.0610. The summed E-state index contributed by atoms with van der Waals surface area (Å²) in [4.78, 5) is 3.87. The van der Waals surface area contributed by atoms with Gasteiger partial charge in [0.25, 0.3) is 5.88 Å². The zero-order valence-corrected chi connectivity index (χ0v) is 9.87. The first-order valence-corrected chi connectivity index (χ1v) is 5.65. The molecular weight excluding hydrogens is 207 g/mol. The number of nitrogens with zero attached hydrogens (tertiary/aromatic N) is 1. The van der Waals surface area contributed by atoms with Gasteiger partial charge in [-0.25, -0.2) is 9.37 Å². The highest BCUT2D eigenvalue weighted by Gasteiger charge is 2.10. The maximum Gasteiger partial charge on any atom is 0.250 e. The molecule has 0 saturated heterocycles. The van der Waals surface area contributed by atoms with E-state index >= 15 is 0 Å². The Bertz CT molecular complexity index is 331. The van der Waals surface area contributed by atoms with Crippen molar-refractivity contribution in [2.45, 2.75) is 33.2 Å². The van der Waals surface area contributed by atoms with Crippen molar-refractivity contribution in [2.24, 2.45) is 11.7 Å². The summed E-state index contributed by atoms with van der Waals surface area (Å²) in [5.41, 5.74) is 5.84. The van der Waals surface area contributed by atoms with Gasteiger partial charge >= 0.3 is 0 Å². The molecule has 0 bridgehead atoms. The standard InChI is InChI=1S/C12H19FN2O/c1-3-4-9(2)8-16-12-11(13)10(7-14)5-6-15-12/h5-6,9H,3-4,7-8,14H2,1-2H3. The van der Waals surface area contributed by atoms with E-state index in [-0.39, 0.29) is 12.4 Å². The number of rotatable bonds is 6. The lowest BCUT2D eigenvalue weighted by Crippen LogP contribution is -2.11. The molecule has 1 heterocycles. The Hall–Kier alpha value is -1.16. The van der Waals surface area contributed by atoms with Crippen LogP contribution in [0.25, 0.3) is 0 Å². The van der Waals surface area contributed by atoms with Crippen LogP contribution >= 0.6 is 0 Å². The fraction of sp³-hybridized carbons (Fsp3) is 0.583. The minimum atomic E-state index is -0.436. The van der Waals surface area contributed by atoms with Crippen LogP contribution in [0.3, 0.4) is 0 Å². The molecule has 0 aromatic carbocycles. The highest BCUT2D eigenvalue weighted by atomic mass is 19.1. The van der Waals surface area contributed by atoms with Crippen LogP contribution in [0.1, 0.15) is 32.3 Å². The van der Waals surface area contributed by atoms with E-state index < -0.39 is 5.82 Å². The van der Waals surface area contributed by atoms with Crippen LogP contribution in [0, 0.1) is 11.7 Å². The van der Waals surface area contributed by atoms with Crippen LogP contribution in [0.2, 0.25) is 0 Å². The molecule has 2 N–H and O–H groups in total. The molecule has 0 amide bonds. The van der Waals surface area contributed by atoms with Crippen molar-refractivity contribution in [1.82, 2.24) is 4.98 Å². The van der Waals surface area contributed by atoms with E-state index in [4.69, 9.17) is 10.5 Å². The molecule has 0 spiro atoms. The molecule has 1 aromatic rings. The Balaban J connectivity index is 2.60. The largest absolute Gasteiger partial charge is 0.475 e. The second kappa shape index (κ2) is 6.43.